The molecule has 1 heterocycles. The van der Waals surface area contributed by atoms with Gasteiger partial charge in [0.25, 0.3) is 0 Å². The van der Waals surface area contributed by atoms with E-state index >= 15 is 0 Å². The van der Waals surface area contributed by atoms with Gasteiger partial charge in [0, 0.05) is 26.2 Å². The van der Waals surface area contributed by atoms with Crippen LogP contribution in [0.15, 0.2) is 0 Å². The summed E-state index contributed by atoms with van der Waals surface area (Å²) in [5.74, 6) is -0.932. The van der Waals surface area contributed by atoms with Gasteiger partial charge in [-0.25, -0.2) is 0 Å². The number of hydrogen-bond acceptors (Lipinski definition) is 4. The van der Waals surface area contributed by atoms with Crippen LogP contribution in [0.25, 0.3) is 0 Å². The highest BCUT2D eigenvalue weighted by Crippen LogP contribution is 2.30. The van der Waals surface area contributed by atoms with Gasteiger partial charge in [0.15, 0.2) is 0 Å². The van der Waals surface area contributed by atoms with E-state index in [4.69, 9.17) is 4.74 Å². The fraction of sp³-hybridized carbons (Fsp3) is 0.833. The minimum absolute atomic E-state index is 0.0858. The van der Waals surface area contributed by atoms with E-state index in [1.165, 1.54) is 0 Å². The monoisotopic (exact) mass is 258 g/mol. The molecule has 1 aliphatic rings. The van der Waals surface area contributed by atoms with Gasteiger partial charge in [-0.1, -0.05) is 0 Å². The number of nitrogens with one attached hydrogen (secondary N) is 2. The van der Waals surface area contributed by atoms with E-state index in [1.807, 2.05) is 7.05 Å². The maximum Gasteiger partial charge on any atom is 0.311 e. The van der Waals surface area contributed by atoms with Crippen molar-refractivity contribution >= 4 is 11.9 Å². The maximum atomic E-state index is 11.6. The highest BCUT2D eigenvalue weighted by Gasteiger charge is 2.40. The number of carboxylic acids is 1. The van der Waals surface area contributed by atoms with E-state index in [0.717, 1.165) is 13.0 Å². The van der Waals surface area contributed by atoms with Crippen LogP contribution in [0.3, 0.4) is 0 Å². The minimum Gasteiger partial charge on any atom is -0.481 e. The van der Waals surface area contributed by atoms with Crippen LogP contribution in [0.4, 0.5) is 0 Å². The predicted molar refractivity (Wildman–Crippen MR) is 66.3 cm³/mol. The molecule has 0 saturated carbocycles. The van der Waals surface area contributed by atoms with Crippen molar-refractivity contribution in [2.75, 3.05) is 33.4 Å². The van der Waals surface area contributed by atoms with Crippen LogP contribution in [0, 0.1) is 5.41 Å². The van der Waals surface area contributed by atoms with Crippen LogP contribution in [-0.4, -0.2) is 50.3 Å². The van der Waals surface area contributed by atoms with Gasteiger partial charge in [0.1, 0.15) is 0 Å². The Labute approximate surface area is 107 Å². The third-order valence-electron chi connectivity index (χ3n) is 3.36. The molecule has 3 N–H and O–H groups in total. The molecule has 6 heteroatoms. The molecule has 0 unspecified atom stereocenters. The molecule has 0 atom stereocenters. The molecule has 0 aromatic heterocycles. The third kappa shape index (κ3) is 4.27. The van der Waals surface area contributed by atoms with Gasteiger partial charge in [0.2, 0.25) is 5.91 Å². The van der Waals surface area contributed by atoms with Crippen molar-refractivity contribution in [3.05, 3.63) is 0 Å². The summed E-state index contributed by atoms with van der Waals surface area (Å²) < 4.78 is 5.18. The van der Waals surface area contributed by atoms with Gasteiger partial charge in [0.05, 0.1) is 5.41 Å². The number of aliphatic carboxylic acids is 1. The molecule has 1 fully saturated rings. The van der Waals surface area contributed by atoms with Crippen molar-refractivity contribution in [3.8, 4) is 0 Å². The van der Waals surface area contributed by atoms with Crippen LogP contribution in [0.5, 0.6) is 0 Å². The minimum atomic E-state index is -0.850. The molecule has 0 aromatic rings. The number of carbonyl (C=O) groups is 2. The van der Waals surface area contributed by atoms with Gasteiger partial charge < -0.3 is 20.5 Å². The first-order valence-corrected chi connectivity index (χ1v) is 6.33. The Hall–Kier alpha value is -1.14. The van der Waals surface area contributed by atoms with Crippen molar-refractivity contribution in [2.24, 2.45) is 5.41 Å². The largest absolute Gasteiger partial charge is 0.481 e. The number of carboxylic acid groups (broad SMARTS) is 1. The third-order valence-corrected chi connectivity index (χ3v) is 3.36. The van der Waals surface area contributed by atoms with E-state index in [9.17, 15) is 14.7 Å². The second-order valence-electron chi connectivity index (χ2n) is 4.68. The summed E-state index contributed by atoms with van der Waals surface area (Å²) in [5, 5.41) is 15.0. The van der Waals surface area contributed by atoms with Gasteiger partial charge in [-0.2, -0.15) is 0 Å². The molecular weight excluding hydrogens is 236 g/mol. The average molecular weight is 258 g/mol. The lowest BCUT2D eigenvalue weighted by Gasteiger charge is -2.33. The fourth-order valence-corrected chi connectivity index (χ4v) is 2.01. The molecule has 1 amide bonds. The Kier molecular flexibility index (Phi) is 6.07. The highest BCUT2D eigenvalue weighted by molar-refractivity contribution is 5.79. The Morgan fingerprint density at radius 2 is 2.00 bits per heavy atom. The lowest BCUT2D eigenvalue weighted by Crippen LogP contribution is -2.46. The Balaban J connectivity index is 2.38. The van der Waals surface area contributed by atoms with E-state index in [-0.39, 0.29) is 12.5 Å². The lowest BCUT2D eigenvalue weighted by atomic mass is 9.80. The normalized spacial score (nSPS) is 18.3. The van der Waals surface area contributed by atoms with Crippen LogP contribution in [-0.2, 0) is 14.3 Å². The van der Waals surface area contributed by atoms with Gasteiger partial charge >= 0.3 is 5.97 Å². The van der Waals surface area contributed by atoms with Crippen molar-refractivity contribution in [3.63, 3.8) is 0 Å². The Morgan fingerprint density at radius 1 is 1.33 bits per heavy atom. The van der Waals surface area contributed by atoms with Gasteiger partial charge in [-0.05, 0) is 32.9 Å². The average Bonchev–Trinajstić information content (AvgIpc) is 2.37. The number of amides is 1. The first-order chi connectivity index (χ1) is 8.60. The molecular formula is C12H22N2O4. The quantitative estimate of drug-likeness (QED) is 0.559. The standard InChI is InChI=1S/C12H22N2O4/c1-13-6-2-3-10(15)14-9-12(11(16)17)4-7-18-8-5-12/h13H,2-9H2,1H3,(H,14,15)(H,16,17). The smallest absolute Gasteiger partial charge is 0.311 e. The molecule has 18 heavy (non-hydrogen) atoms. The first kappa shape index (κ1) is 14.9. The summed E-state index contributed by atoms with van der Waals surface area (Å²) >= 11 is 0. The molecule has 0 aromatic carbocycles. The van der Waals surface area contributed by atoms with Crippen molar-refractivity contribution in [1.29, 1.82) is 0 Å². The maximum absolute atomic E-state index is 11.6. The molecule has 1 rings (SSSR count). The topological polar surface area (TPSA) is 87.7 Å². The molecule has 0 spiro atoms. The first-order valence-electron chi connectivity index (χ1n) is 6.33. The zero-order chi connectivity index (χ0) is 13.4. The highest BCUT2D eigenvalue weighted by atomic mass is 16.5. The second kappa shape index (κ2) is 7.33. The van der Waals surface area contributed by atoms with Crippen molar-refractivity contribution < 1.29 is 19.4 Å². The number of hydrogen-bond donors (Lipinski definition) is 3. The summed E-state index contributed by atoms with van der Waals surface area (Å²) in [6, 6.07) is 0. The fourth-order valence-electron chi connectivity index (χ4n) is 2.01. The number of carbonyl (C=O) groups excluding carboxylic acids is 1. The van der Waals surface area contributed by atoms with E-state index < -0.39 is 11.4 Å². The SMILES string of the molecule is CNCCCC(=O)NCC1(C(=O)O)CCOCC1. The Bertz CT molecular complexity index is 288. The number of ether oxygens (including phenoxy) is 1. The molecule has 0 bridgehead atoms. The van der Waals surface area contributed by atoms with Crippen LogP contribution >= 0.6 is 0 Å². The summed E-state index contributed by atoms with van der Waals surface area (Å²) in [7, 11) is 1.83. The van der Waals surface area contributed by atoms with Crippen LogP contribution < -0.4 is 10.6 Å². The van der Waals surface area contributed by atoms with Crippen LogP contribution in [0.1, 0.15) is 25.7 Å². The lowest BCUT2D eigenvalue weighted by molar-refractivity contribution is -0.154. The summed E-state index contributed by atoms with van der Waals surface area (Å²) in [6.45, 7) is 1.87. The van der Waals surface area contributed by atoms with Crippen molar-refractivity contribution in [2.45, 2.75) is 25.7 Å². The molecule has 1 saturated heterocycles. The van der Waals surface area contributed by atoms with Crippen LogP contribution in [0.2, 0.25) is 0 Å². The zero-order valence-electron chi connectivity index (χ0n) is 10.8. The molecule has 0 radical (unpaired) electrons. The predicted octanol–water partition coefficient (Wildman–Crippen LogP) is -0.0164. The van der Waals surface area contributed by atoms with E-state index in [1.54, 1.807) is 0 Å². The van der Waals surface area contributed by atoms with E-state index in [0.29, 0.717) is 32.5 Å². The molecule has 0 aliphatic carbocycles. The summed E-state index contributed by atoms with van der Waals surface area (Å²) in [6.07, 6.45) is 2.09. The molecule has 104 valence electrons. The summed E-state index contributed by atoms with van der Waals surface area (Å²) in [4.78, 5) is 22.9. The Morgan fingerprint density at radius 3 is 2.56 bits per heavy atom. The van der Waals surface area contributed by atoms with Gasteiger partial charge in [-0.3, -0.25) is 9.59 Å². The second-order valence-corrected chi connectivity index (χ2v) is 4.68. The van der Waals surface area contributed by atoms with Gasteiger partial charge in [-0.15, -0.1) is 0 Å². The van der Waals surface area contributed by atoms with E-state index in [2.05, 4.69) is 10.6 Å². The summed E-state index contributed by atoms with van der Waals surface area (Å²) in [5.41, 5.74) is -0.850. The molecule has 6 nitrogen and oxygen atoms in total. The van der Waals surface area contributed by atoms with Crippen molar-refractivity contribution in [1.82, 2.24) is 10.6 Å². The number of rotatable bonds is 7. The molecule has 1 aliphatic heterocycles. The zero-order valence-corrected chi connectivity index (χ0v) is 10.8.